The zero-order valence-corrected chi connectivity index (χ0v) is 25.3. The van der Waals surface area contributed by atoms with Gasteiger partial charge < -0.3 is 13.8 Å². The Kier molecular flexibility index (Phi) is 7.76. The van der Waals surface area contributed by atoms with Crippen molar-refractivity contribution in [3.8, 4) is 5.75 Å². The van der Waals surface area contributed by atoms with Gasteiger partial charge in [-0.1, -0.05) is 64.1 Å². The maximum Gasteiger partial charge on any atom is 0.339 e. The van der Waals surface area contributed by atoms with Crippen LogP contribution in [0.3, 0.4) is 0 Å². The molecule has 0 saturated carbocycles. The standard InChI is InChI=1S/C33H39NO6S/c1-32(2)18-24-30(26(35)20-32)29(31-25(34(24)16-11-17-39-5)19-33(3,4)21-27(31)36)23-14-9-10-15-28(23)40-41(37,38)22-12-7-6-8-13-22/h6-10,12-15,29H,11,16-21H2,1-5H3. The molecule has 0 fully saturated rings. The van der Waals surface area contributed by atoms with Gasteiger partial charge in [-0.3, -0.25) is 9.59 Å². The maximum atomic E-state index is 14.0. The van der Waals surface area contributed by atoms with Gasteiger partial charge in [0, 0.05) is 67.1 Å². The zero-order valence-electron chi connectivity index (χ0n) is 24.5. The van der Waals surface area contributed by atoms with E-state index in [0.717, 1.165) is 17.8 Å². The molecule has 1 heterocycles. The second kappa shape index (κ2) is 10.9. The molecule has 0 bridgehead atoms. The maximum absolute atomic E-state index is 14.0. The molecule has 0 radical (unpaired) electrons. The fraction of sp³-hybridized carbons (Fsp3) is 0.455. The number of benzene rings is 2. The van der Waals surface area contributed by atoms with Gasteiger partial charge in [0.05, 0.1) is 0 Å². The van der Waals surface area contributed by atoms with Crippen LogP contribution in [0.5, 0.6) is 5.75 Å². The lowest BCUT2D eigenvalue weighted by Crippen LogP contribution is -2.45. The Morgan fingerprint density at radius 3 is 1.90 bits per heavy atom. The molecular weight excluding hydrogens is 538 g/mol. The zero-order chi connectivity index (χ0) is 29.6. The third-order valence-electron chi connectivity index (χ3n) is 8.21. The number of rotatable bonds is 8. The van der Waals surface area contributed by atoms with Crippen molar-refractivity contribution in [2.75, 3.05) is 20.3 Å². The smallest absolute Gasteiger partial charge is 0.339 e. The SMILES string of the molecule is COCCCN1C2=C(C(=O)CC(C)(C)C2)C(c2ccccc2OS(=O)(=O)c2ccccc2)C2=C1CC(C)(C)CC2=O. The summed E-state index contributed by atoms with van der Waals surface area (Å²) in [7, 11) is -2.48. The van der Waals surface area contributed by atoms with Crippen molar-refractivity contribution in [3.05, 3.63) is 82.7 Å². The van der Waals surface area contributed by atoms with Crippen molar-refractivity contribution in [1.29, 1.82) is 0 Å². The average Bonchev–Trinajstić information content (AvgIpc) is 2.88. The predicted molar refractivity (Wildman–Crippen MR) is 157 cm³/mol. The molecule has 7 nitrogen and oxygen atoms in total. The van der Waals surface area contributed by atoms with E-state index >= 15 is 0 Å². The molecule has 2 aromatic rings. The molecule has 0 N–H and O–H groups in total. The van der Waals surface area contributed by atoms with Crippen molar-refractivity contribution in [1.82, 2.24) is 4.90 Å². The van der Waals surface area contributed by atoms with Crippen molar-refractivity contribution in [2.45, 2.75) is 70.6 Å². The highest BCUT2D eigenvalue weighted by Crippen LogP contribution is 2.55. The first-order valence-electron chi connectivity index (χ1n) is 14.2. The number of nitrogens with zero attached hydrogens (tertiary/aromatic N) is 1. The van der Waals surface area contributed by atoms with Crippen LogP contribution in [-0.4, -0.2) is 45.1 Å². The van der Waals surface area contributed by atoms with Gasteiger partial charge in [-0.25, -0.2) is 0 Å². The van der Waals surface area contributed by atoms with Crippen LogP contribution in [0.2, 0.25) is 0 Å². The van der Waals surface area contributed by atoms with E-state index in [4.69, 9.17) is 8.92 Å². The minimum atomic E-state index is -4.15. The summed E-state index contributed by atoms with van der Waals surface area (Å²) in [6.07, 6.45) is 2.79. The molecule has 0 atom stereocenters. The molecule has 218 valence electrons. The molecule has 1 aliphatic heterocycles. The van der Waals surface area contributed by atoms with E-state index in [1.54, 1.807) is 49.6 Å². The summed E-state index contributed by atoms with van der Waals surface area (Å²) < 4.78 is 37.7. The van der Waals surface area contributed by atoms with Crippen LogP contribution >= 0.6 is 0 Å². The van der Waals surface area contributed by atoms with Crippen LogP contribution in [0.25, 0.3) is 0 Å². The second-order valence-corrected chi connectivity index (χ2v) is 14.5. The summed E-state index contributed by atoms with van der Waals surface area (Å²) in [5, 5.41) is 0. The van der Waals surface area contributed by atoms with Gasteiger partial charge in [0.2, 0.25) is 0 Å². The van der Waals surface area contributed by atoms with E-state index in [1.807, 2.05) is 0 Å². The molecule has 41 heavy (non-hydrogen) atoms. The Labute approximate surface area is 243 Å². The van der Waals surface area contributed by atoms with Crippen molar-refractivity contribution >= 4 is 21.7 Å². The molecule has 2 aliphatic carbocycles. The van der Waals surface area contributed by atoms with Crippen LogP contribution < -0.4 is 4.18 Å². The molecular formula is C33H39NO6S. The topological polar surface area (TPSA) is 90.0 Å². The fourth-order valence-corrected chi connectivity index (χ4v) is 7.52. The monoisotopic (exact) mass is 577 g/mol. The number of para-hydroxylation sites is 1. The van der Waals surface area contributed by atoms with Crippen LogP contribution in [-0.2, 0) is 24.4 Å². The molecule has 8 heteroatoms. The van der Waals surface area contributed by atoms with E-state index in [2.05, 4.69) is 32.6 Å². The molecule has 3 aliphatic rings. The second-order valence-electron chi connectivity index (χ2n) is 12.9. The van der Waals surface area contributed by atoms with E-state index in [0.29, 0.717) is 55.5 Å². The predicted octanol–water partition coefficient (Wildman–Crippen LogP) is 6.18. The third-order valence-corrected chi connectivity index (χ3v) is 9.46. The van der Waals surface area contributed by atoms with Gasteiger partial charge in [0.1, 0.15) is 10.6 Å². The number of carbonyl (C=O) groups excluding carboxylic acids is 2. The number of hydrogen-bond acceptors (Lipinski definition) is 7. The summed E-state index contributed by atoms with van der Waals surface area (Å²) >= 11 is 0. The molecule has 0 amide bonds. The summed E-state index contributed by atoms with van der Waals surface area (Å²) in [5.74, 6) is -0.595. The highest BCUT2D eigenvalue weighted by Gasteiger charge is 2.49. The van der Waals surface area contributed by atoms with E-state index < -0.39 is 16.0 Å². The molecule has 0 aromatic heterocycles. The first kappa shape index (κ1) is 29.3. The first-order valence-corrected chi connectivity index (χ1v) is 15.6. The Hall–Kier alpha value is -3.23. The number of carbonyl (C=O) groups is 2. The van der Waals surface area contributed by atoms with Crippen molar-refractivity contribution in [3.63, 3.8) is 0 Å². The molecule has 0 saturated heterocycles. The highest BCUT2D eigenvalue weighted by atomic mass is 32.2. The Morgan fingerprint density at radius 2 is 1.34 bits per heavy atom. The van der Waals surface area contributed by atoms with Crippen LogP contribution in [0.1, 0.15) is 71.3 Å². The summed E-state index contributed by atoms with van der Waals surface area (Å²) in [5.41, 5.74) is 3.04. The number of allylic oxidation sites excluding steroid dienone is 4. The fourth-order valence-electron chi connectivity index (χ4n) is 6.54. The van der Waals surface area contributed by atoms with Crippen molar-refractivity contribution < 1.29 is 26.9 Å². The van der Waals surface area contributed by atoms with E-state index in [1.165, 1.54) is 12.1 Å². The van der Waals surface area contributed by atoms with Gasteiger partial charge in [0.15, 0.2) is 11.6 Å². The van der Waals surface area contributed by atoms with Gasteiger partial charge in [0.25, 0.3) is 0 Å². The third kappa shape index (κ3) is 5.77. The van der Waals surface area contributed by atoms with E-state index in [-0.39, 0.29) is 33.0 Å². The first-order chi connectivity index (χ1) is 19.3. The quantitative estimate of drug-likeness (QED) is 0.274. The molecule has 2 aromatic carbocycles. The minimum Gasteiger partial charge on any atom is -0.385 e. The van der Waals surface area contributed by atoms with Gasteiger partial charge in [-0.15, -0.1) is 0 Å². The minimum absolute atomic E-state index is 0.0112. The number of ketones is 2. The van der Waals surface area contributed by atoms with Gasteiger partial charge in [-0.2, -0.15) is 8.42 Å². The lowest BCUT2D eigenvalue weighted by atomic mass is 9.63. The van der Waals surface area contributed by atoms with Crippen LogP contribution in [0, 0.1) is 10.8 Å². The molecule has 0 unspecified atom stereocenters. The Bertz CT molecular complexity index is 1480. The largest absolute Gasteiger partial charge is 0.385 e. The lowest BCUT2D eigenvalue weighted by Gasteiger charge is -2.49. The summed E-state index contributed by atoms with van der Waals surface area (Å²) in [6.45, 7) is 9.58. The number of Topliss-reactive ketones (excluding diaryl/α,β-unsaturated/α-hetero) is 2. The average molecular weight is 578 g/mol. The highest BCUT2D eigenvalue weighted by molar-refractivity contribution is 7.87. The Morgan fingerprint density at radius 1 is 0.805 bits per heavy atom. The summed E-state index contributed by atoms with van der Waals surface area (Å²) in [4.78, 5) is 30.3. The van der Waals surface area contributed by atoms with Crippen LogP contribution in [0.4, 0.5) is 0 Å². The Balaban J connectivity index is 1.72. The number of ether oxygens (including phenoxy) is 1. The van der Waals surface area contributed by atoms with Gasteiger partial charge in [-0.05, 0) is 48.3 Å². The number of hydrogen-bond donors (Lipinski definition) is 0. The number of methoxy groups -OCH3 is 1. The normalized spacial score (nSPS) is 20.7. The lowest BCUT2D eigenvalue weighted by molar-refractivity contribution is -0.119. The van der Waals surface area contributed by atoms with E-state index in [9.17, 15) is 18.0 Å². The van der Waals surface area contributed by atoms with Crippen LogP contribution in [0.15, 0.2) is 82.0 Å². The van der Waals surface area contributed by atoms with Crippen molar-refractivity contribution in [2.24, 2.45) is 10.8 Å². The van der Waals surface area contributed by atoms with Gasteiger partial charge >= 0.3 is 10.1 Å². The molecule has 5 rings (SSSR count). The summed E-state index contributed by atoms with van der Waals surface area (Å²) in [6, 6.07) is 14.9. The molecule has 0 spiro atoms.